The molecule has 0 unspecified atom stereocenters. The molecular weight excluding hydrogens is 423 g/mol. The van der Waals surface area contributed by atoms with E-state index in [1.807, 2.05) is 6.92 Å². The Hall–Kier alpha value is -0.122. The zero-order valence-electron chi connectivity index (χ0n) is 8.99. The molecule has 0 amide bonds. The molecule has 0 saturated heterocycles. The van der Waals surface area contributed by atoms with Crippen molar-refractivity contribution in [3.05, 3.63) is 19.1 Å². The van der Waals surface area contributed by atoms with Crippen LogP contribution < -0.4 is 0 Å². The fourth-order valence-corrected chi connectivity index (χ4v) is 2.21. The number of nitrogens with zero attached hydrogens (tertiary/aromatic N) is 2. The molecule has 0 radical (unpaired) electrons. The van der Waals surface area contributed by atoms with Crippen molar-refractivity contribution in [3.8, 4) is 0 Å². The molecule has 16 heavy (non-hydrogen) atoms. The Kier molecular flexibility index (Phi) is 10.2. The van der Waals surface area contributed by atoms with E-state index in [4.69, 9.17) is 9.13 Å². The molecule has 1 heterocycles. The summed E-state index contributed by atoms with van der Waals surface area (Å²) in [5, 5.41) is 0. The van der Waals surface area contributed by atoms with Gasteiger partial charge in [0.15, 0.2) is 0 Å². The minimum atomic E-state index is -3.09. The molecule has 0 aliphatic carbocycles. The molecule has 9 heteroatoms. The summed E-state index contributed by atoms with van der Waals surface area (Å²) in [7, 11) is -2.72. The molecule has 1 aliphatic heterocycles. The van der Waals surface area contributed by atoms with Gasteiger partial charge in [-0.25, -0.2) is 17.5 Å². The van der Waals surface area contributed by atoms with Crippen LogP contribution in [0.1, 0.15) is 13.3 Å². The van der Waals surface area contributed by atoms with E-state index in [-0.39, 0.29) is 26.8 Å². The molecule has 1 rings (SSSR count). The first-order chi connectivity index (χ1) is 6.97. The van der Waals surface area contributed by atoms with Crippen LogP contribution in [-0.4, -0.2) is 30.4 Å². The average molecular weight is 437 g/mol. The van der Waals surface area contributed by atoms with Crippen molar-refractivity contribution in [3.63, 3.8) is 0 Å². The SMILES string of the molecule is CCCS(=O)(=O)N1C=CN(C)[CH-]1.O=[PH]=O.[W]. The van der Waals surface area contributed by atoms with Gasteiger partial charge in [-0.3, -0.25) is 0 Å². The summed E-state index contributed by atoms with van der Waals surface area (Å²) >= 11 is 0. The molecule has 0 aromatic heterocycles. The largest absolute Gasteiger partial charge is 0.510 e. The van der Waals surface area contributed by atoms with Crippen molar-refractivity contribution in [2.45, 2.75) is 13.3 Å². The maximum atomic E-state index is 11.4. The zero-order valence-corrected chi connectivity index (χ0v) is 13.7. The van der Waals surface area contributed by atoms with Crippen molar-refractivity contribution >= 4 is 18.4 Å². The van der Waals surface area contributed by atoms with Crippen molar-refractivity contribution < 1.29 is 38.6 Å². The van der Waals surface area contributed by atoms with E-state index in [1.165, 1.54) is 4.31 Å². The second kappa shape index (κ2) is 8.97. The van der Waals surface area contributed by atoms with E-state index in [1.54, 1.807) is 31.0 Å². The van der Waals surface area contributed by atoms with Gasteiger partial charge in [-0.2, -0.15) is 0 Å². The van der Waals surface area contributed by atoms with Crippen LogP contribution in [0.15, 0.2) is 12.4 Å². The first kappa shape index (κ1) is 18.2. The van der Waals surface area contributed by atoms with Crippen LogP contribution in [-0.2, 0) is 40.2 Å². The summed E-state index contributed by atoms with van der Waals surface area (Å²) in [4.78, 5) is 1.70. The van der Waals surface area contributed by atoms with E-state index in [9.17, 15) is 8.42 Å². The standard InChI is InChI=1S/C7H13N2O2S.HO2P.W/c1-3-6-12(10,11)9-5-4-8(2)7-9;1-3-2;/h4-5,7H,3,6H2,1-2H3;3H;/q-1;;. The fraction of sp³-hybridized carbons (Fsp3) is 0.571. The van der Waals surface area contributed by atoms with E-state index in [2.05, 4.69) is 0 Å². The minimum absolute atomic E-state index is 0. The Morgan fingerprint density at radius 1 is 1.31 bits per heavy atom. The predicted octanol–water partition coefficient (Wildman–Crippen LogP) is 0.917. The molecule has 0 aromatic carbocycles. The van der Waals surface area contributed by atoms with Gasteiger partial charge in [0.2, 0.25) is 10.0 Å². The quantitative estimate of drug-likeness (QED) is 0.485. The van der Waals surface area contributed by atoms with Gasteiger partial charge in [0, 0.05) is 21.1 Å². The Labute approximate surface area is 111 Å². The summed E-state index contributed by atoms with van der Waals surface area (Å²) in [6, 6.07) is 0. The Morgan fingerprint density at radius 2 is 1.81 bits per heavy atom. The summed E-state index contributed by atoms with van der Waals surface area (Å²) in [5.41, 5.74) is 0. The molecule has 0 spiro atoms. The van der Waals surface area contributed by atoms with Crippen LogP contribution in [0, 0.1) is 6.67 Å². The molecule has 0 fully saturated rings. The normalized spacial score (nSPS) is 13.9. The van der Waals surface area contributed by atoms with Crippen LogP contribution in [0.4, 0.5) is 0 Å². The van der Waals surface area contributed by atoms with E-state index >= 15 is 0 Å². The third kappa shape index (κ3) is 6.46. The third-order valence-corrected chi connectivity index (χ3v) is 3.31. The second-order valence-corrected chi connectivity index (χ2v) is 4.97. The Morgan fingerprint density at radius 3 is 2.12 bits per heavy atom. The van der Waals surface area contributed by atoms with Crippen LogP contribution >= 0.6 is 8.34 Å². The molecule has 1 aliphatic rings. The molecule has 0 atom stereocenters. The number of sulfonamides is 1. The van der Waals surface area contributed by atoms with Crippen LogP contribution in [0.5, 0.6) is 0 Å². The number of hydrogen-bond donors (Lipinski definition) is 0. The summed E-state index contributed by atoms with van der Waals surface area (Å²) in [6.45, 7) is 3.39. The average Bonchev–Trinajstić information content (AvgIpc) is 2.53. The van der Waals surface area contributed by atoms with Gasteiger partial charge < -0.3 is 9.21 Å². The predicted molar refractivity (Wildman–Crippen MR) is 56.8 cm³/mol. The first-order valence-corrected chi connectivity index (χ1v) is 6.66. The zero-order chi connectivity index (χ0) is 11.9. The molecule has 0 N–H and O–H groups in total. The summed E-state index contributed by atoms with van der Waals surface area (Å²) < 4.78 is 40.8. The fourth-order valence-electron chi connectivity index (χ4n) is 0.955. The Bertz CT molecular complexity index is 353. The van der Waals surface area contributed by atoms with Crippen molar-refractivity contribution in [2.75, 3.05) is 12.8 Å². The summed E-state index contributed by atoms with van der Waals surface area (Å²) in [6.07, 6.45) is 3.89. The number of rotatable bonds is 3. The van der Waals surface area contributed by atoms with Gasteiger partial charge in [0.25, 0.3) is 0 Å². The molecular formula is C7H14N2O4PSW-. The van der Waals surface area contributed by atoms with Gasteiger partial charge in [0.1, 0.15) is 0 Å². The molecule has 94 valence electrons. The second-order valence-electron chi connectivity index (χ2n) is 2.81. The van der Waals surface area contributed by atoms with E-state index in [0.29, 0.717) is 6.42 Å². The smallest absolute Gasteiger partial charge is 0.303 e. The number of hydrogen-bond acceptors (Lipinski definition) is 5. The van der Waals surface area contributed by atoms with Gasteiger partial charge in [0.05, 0.1) is 5.75 Å². The van der Waals surface area contributed by atoms with Crippen molar-refractivity contribution in [2.24, 2.45) is 0 Å². The molecule has 0 saturated carbocycles. The maximum absolute atomic E-state index is 11.4. The van der Waals surface area contributed by atoms with Crippen LogP contribution in [0.3, 0.4) is 0 Å². The topological polar surface area (TPSA) is 74.8 Å². The van der Waals surface area contributed by atoms with Crippen LogP contribution in [0.2, 0.25) is 0 Å². The van der Waals surface area contributed by atoms with Gasteiger partial charge in [-0.15, -0.1) is 6.67 Å². The third-order valence-electron chi connectivity index (χ3n) is 1.53. The van der Waals surface area contributed by atoms with Crippen LogP contribution in [0.25, 0.3) is 0 Å². The first-order valence-electron chi connectivity index (χ1n) is 4.23. The molecule has 0 aromatic rings. The van der Waals surface area contributed by atoms with Crippen molar-refractivity contribution in [1.82, 2.24) is 9.21 Å². The van der Waals surface area contributed by atoms with Gasteiger partial charge in [-0.1, -0.05) is 6.92 Å². The van der Waals surface area contributed by atoms with E-state index < -0.39 is 18.4 Å². The Balaban J connectivity index is 0. The molecule has 6 nitrogen and oxygen atoms in total. The maximum Gasteiger partial charge on any atom is 0.303 e. The van der Waals surface area contributed by atoms with Gasteiger partial charge >= 0.3 is 8.34 Å². The van der Waals surface area contributed by atoms with Gasteiger partial charge in [-0.05, 0) is 25.9 Å². The molecule has 0 bridgehead atoms. The minimum Gasteiger partial charge on any atom is -0.510 e. The monoisotopic (exact) mass is 437 g/mol. The summed E-state index contributed by atoms with van der Waals surface area (Å²) in [5.74, 6) is 0.196. The van der Waals surface area contributed by atoms with Crippen molar-refractivity contribution in [1.29, 1.82) is 0 Å². The van der Waals surface area contributed by atoms with E-state index in [0.717, 1.165) is 0 Å².